The average molecular weight is 247 g/mol. The maximum Gasteiger partial charge on any atom is 0.308 e. The van der Waals surface area contributed by atoms with Crippen LogP contribution in [0.25, 0.3) is 0 Å². The lowest BCUT2D eigenvalue weighted by molar-refractivity contribution is -0.148. The summed E-state index contributed by atoms with van der Waals surface area (Å²) < 4.78 is 5.04. The molecule has 0 aliphatic rings. The van der Waals surface area contributed by atoms with Crippen LogP contribution in [0.5, 0.6) is 0 Å². The van der Waals surface area contributed by atoms with Crippen molar-refractivity contribution in [3.05, 3.63) is 33.8 Å². The molecule has 15 heavy (non-hydrogen) atoms. The fraction of sp³-hybridized carbons (Fsp3) is 0.364. The van der Waals surface area contributed by atoms with Crippen LogP contribution < -0.4 is 0 Å². The second kappa shape index (κ2) is 5.38. The van der Waals surface area contributed by atoms with Crippen molar-refractivity contribution in [2.75, 3.05) is 0 Å². The molecule has 0 saturated heterocycles. The first-order valence-electron chi connectivity index (χ1n) is 4.61. The van der Waals surface area contributed by atoms with Crippen LogP contribution in [0.2, 0.25) is 10.0 Å². The summed E-state index contributed by atoms with van der Waals surface area (Å²) in [6, 6.07) is 5.15. The van der Waals surface area contributed by atoms with Gasteiger partial charge >= 0.3 is 5.97 Å². The number of carbonyl (C=O) groups is 1. The molecule has 0 amide bonds. The standard InChI is InChI=1S/C11H12Cl2O2/c1-7(2)11(14)15-6-8-3-4-9(12)10(13)5-8/h3-5,7H,6H2,1-2H3. The zero-order valence-electron chi connectivity index (χ0n) is 8.59. The number of halogens is 2. The SMILES string of the molecule is CC(C)C(=O)OCc1ccc(Cl)c(Cl)c1. The molecular weight excluding hydrogens is 235 g/mol. The van der Waals surface area contributed by atoms with Crippen LogP contribution in [-0.2, 0) is 16.1 Å². The molecule has 0 unspecified atom stereocenters. The van der Waals surface area contributed by atoms with Gasteiger partial charge in [-0.15, -0.1) is 0 Å². The van der Waals surface area contributed by atoms with E-state index in [1.165, 1.54) is 0 Å². The summed E-state index contributed by atoms with van der Waals surface area (Å²) in [5.74, 6) is -0.339. The van der Waals surface area contributed by atoms with Gasteiger partial charge < -0.3 is 4.74 Å². The van der Waals surface area contributed by atoms with E-state index >= 15 is 0 Å². The quantitative estimate of drug-likeness (QED) is 0.761. The molecule has 4 heteroatoms. The molecule has 0 spiro atoms. The Bertz CT molecular complexity index is 362. The van der Waals surface area contributed by atoms with Crippen molar-refractivity contribution >= 4 is 29.2 Å². The lowest BCUT2D eigenvalue weighted by atomic mass is 10.2. The van der Waals surface area contributed by atoms with E-state index in [4.69, 9.17) is 27.9 Å². The number of benzene rings is 1. The molecular formula is C11H12Cl2O2. The topological polar surface area (TPSA) is 26.3 Å². The van der Waals surface area contributed by atoms with Crippen molar-refractivity contribution in [1.29, 1.82) is 0 Å². The Kier molecular flexibility index (Phi) is 4.43. The van der Waals surface area contributed by atoms with Crippen LogP contribution in [0.1, 0.15) is 19.4 Å². The van der Waals surface area contributed by atoms with Gasteiger partial charge in [0.1, 0.15) is 6.61 Å². The number of hydrogen-bond donors (Lipinski definition) is 0. The summed E-state index contributed by atoms with van der Waals surface area (Å²) in [5, 5.41) is 0.963. The Morgan fingerprint density at radius 2 is 2.00 bits per heavy atom. The molecule has 0 N–H and O–H groups in total. The lowest BCUT2D eigenvalue weighted by Gasteiger charge is -2.07. The highest BCUT2D eigenvalue weighted by Gasteiger charge is 2.08. The van der Waals surface area contributed by atoms with E-state index in [-0.39, 0.29) is 18.5 Å². The number of rotatable bonds is 3. The Hall–Kier alpha value is -0.730. The summed E-state index contributed by atoms with van der Waals surface area (Å²) in [6.07, 6.45) is 0. The van der Waals surface area contributed by atoms with E-state index in [0.29, 0.717) is 10.0 Å². The van der Waals surface area contributed by atoms with Gasteiger partial charge in [0, 0.05) is 0 Å². The zero-order chi connectivity index (χ0) is 11.4. The number of ether oxygens (including phenoxy) is 1. The second-order valence-corrected chi connectivity index (χ2v) is 4.33. The molecule has 1 aromatic rings. The molecule has 0 aromatic heterocycles. The maximum absolute atomic E-state index is 11.2. The van der Waals surface area contributed by atoms with Gasteiger partial charge in [-0.05, 0) is 17.7 Å². The van der Waals surface area contributed by atoms with E-state index < -0.39 is 0 Å². The van der Waals surface area contributed by atoms with Gasteiger partial charge in [-0.25, -0.2) is 0 Å². The summed E-state index contributed by atoms with van der Waals surface area (Å²) in [5.41, 5.74) is 0.832. The van der Waals surface area contributed by atoms with Crippen molar-refractivity contribution in [3.63, 3.8) is 0 Å². The van der Waals surface area contributed by atoms with Crippen LogP contribution >= 0.6 is 23.2 Å². The van der Waals surface area contributed by atoms with E-state index in [0.717, 1.165) is 5.56 Å². The third kappa shape index (κ3) is 3.73. The monoisotopic (exact) mass is 246 g/mol. The van der Waals surface area contributed by atoms with Crippen LogP contribution in [-0.4, -0.2) is 5.97 Å². The van der Waals surface area contributed by atoms with E-state index in [2.05, 4.69) is 0 Å². The number of esters is 1. The van der Waals surface area contributed by atoms with Crippen LogP contribution in [0.4, 0.5) is 0 Å². The van der Waals surface area contributed by atoms with Gasteiger partial charge in [-0.2, -0.15) is 0 Å². The van der Waals surface area contributed by atoms with Gasteiger partial charge in [0.2, 0.25) is 0 Å². The molecule has 0 aliphatic heterocycles. The average Bonchev–Trinajstić information content (AvgIpc) is 2.19. The Morgan fingerprint density at radius 1 is 1.33 bits per heavy atom. The lowest BCUT2D eigenvalue weighted by Crippen LogP contribution is -2.11. The van der Waals surface area contributed by atoms with Crippen molar-refractivity contribution in [2.24, 2.45) is 5.92 Å². The highest BCUT2D eigenvalue weighted by atomic mass is 35.5. The van der Waals surface area contributed by atoms with E-state index in [1.807, 2.05) is 0 Å². The largest absolute Gasteiger partial charge is 0.461 e. The van der Waals surface area contributed by atoms with Crippen LogP contribution in [0.3, 0.4) is 0 Å². The molecule has 1 rings (SSSR count). The maximum atomic E-state index is 11.2. The van der Waals surface area contributed by atoms with Crippen LogP contribution in [0, 0.1) is 5.92 Å². The van der Waals surface area contributed by atoms with E-state index in [1.54, 1.807) is 32.0 Å². The molecule has 0 bridgehead atoms. The van der Waals surface area contributed by atoms with Gasteiger partial charge in [-0.1, -0.05) is 43.1 Å². The van der Waals surface area contributed by atoms with Crippen molar-refractivity contribution in [1.82, 2.24) is 0 Å². The molecule has 0 saturated carbocycles. The number of hydrogen-bond acceptors (Lipinski definition) is 2. The van der Waals surface area contributed by atoms with Crippen molar-refractivity contribution in [2.45, 2.75) is 20.5 Å². The third-order valence-corrected chi connectivity index (χ3v) is 2.58. The van der Waals surface area contributed by atoms with Gasteiger partial charge in [-0.3, -0.25) is 4.79 Å². The summed E-state index contributed by atoms with van der Waals surface area (Å²) in [4.78, 5) is 11.2. The molecule has 0 aliphatic carbocycles. The van der Waals surface area contributed by atoms with Crippen LogP contribution in [0.15, 0.2) is 18.2 Å². The third-order valence-electron chi connectivity index (χ3n) is 1.84. The van der Waals surface area contributed by atoms with Gasteiger partial charge in [0.25, 0.3) is 0 Å². The molecule has 82 valence electrons. The fourth-order valence-electron chi connectivity index (χ4n) is 0.951. The minimum Gasteiger partial charge on any atom is -0.461 e. The first kappa shape index (κ1) is 12.3. The Labute approximate surface area is 99.1 Å². The normalized spacial score (nSPS) is 10.5. The molecule has 2 nitrogen and oxygen atoms in total. The first-order valence-corrected chi connectivity index (χ1v) is 5.37. The van der Waals surface area contributed by atoms with Crippen molar-refractivity contribution < 1.29 is 9.53 Å². The van der Waals surface area contributed by atoms with Crippen molar-refractivity contribution in [3.8, 4) is 0 Å². The highest BCUT2D eigenvalue weighted by Crippen LogP contribution is 2.22. The summed E-state index contributed by atoms with van der Waals surface area (Å²) >= 11 is 11.6. The second-order valence-electron chi connectivity index (χ2n) is 3.51. The minimum absolute atomic E-state index is 0.118. The molecule has 0 heterocycles. The summed E-state index contributed by atoms with van der Waals surface area (Å²) in [6.45, 7) is 3.81. The predicted octanol–water partition coefficient (Wildman–Crippen LogP) is 3.69. The molecule has 0 atom stereocenters. The zero-order valence-corrected chi connectivity index (χ0v) is 10.1. The molecule has 1 aromatic carbocycles. The highest BCUT2D eigenvalue weighted by molar-refractivity contribution is 6.42. The van der Waals surface area contributed by atoms with Gasteiger partial charge in [0.15, 0.2) is 0 Å². The first-order chi connectivity index (χ1) is 7.00. The smallest absolute Gasteiger partial charge is 0.308 e. The molecule has 0 radical (unpaired) electrons. The molecule has 0 fully saturated rings. The summed E-state index contributed by atoms with van der Waals surface area (Å²) in [7, 11) is 0. The minimum atomic E-state index is -0.221. The number of carbonyl (C=O) groups excluding carboxylic acids is 1. The predicted molar refractivity (Wildman–Crippen MR) is 61.1 cm³/mol. The van der Waals surface area contributed by atoms with E-state index in [9.17, 15) is 4.79 Å². The fourth-order valence-corrected chi connectivity index (χ4v) is 1.27. The van der Waals surface area contributed by atoms with Gasteiger partial charge in [0.05, 0.1) is 16.0 Å². The Morgan fingerprint density at radius 3 is 2.53 bits per heavy atom. The Balaban J connectivity index is 2.58.